The fourth-order valence-electron chi connectivity index (χ4n) is 4.46. The molecule has 1 aliphatic heterocycles. The van der Waals surface area contributed by atoms with Crippen LogP contribution in [0.2, 0.25) is 5.02 Å². The Kier molecular flexibility index (Phi) is 10.4. The molecule has 1 amide bonds. The van der Waals surface area contributed by atoms with Gasteiger partial charge in [-0.15, -0.1) is 0 Å². The van der Waals surface area contributed by atoms with Crippen LogP contribution < -0.4 is 10.5 Å². The smallest absolute Gasteiger partial charge is 0.475 e. The maximum Gasteiger partial charge on any atom is 0.490 e. The number of nitrogens with zero attached hydrogens (tertiary/aromatic N) is 4. The molecule has 2 aromatic carbocycles. The normalized spacial score (nSPS) is 14.7. The lowest BCUT2D eigenvalue weighted by Crippen LogP contribution is -2.42. The van der Waals surface area contributed by atoms with Crippen LogP contribution in [-0.2, 0) is 22.6 Å². The summed E-state index contributed by atoms with van der Waals surface area (Å²) in [6.07, 6.45) is -0.733. The van der Waals surface area contributed by atoms with Crippen molar-refractivity contribution in [2.24, 2.45) is 0 Å². The van der Waals surface area contributed by atoms with Crippen molar-refractivity contribution >= 4 is 40.9 Å². The van der Waals surface area contributed by atoms with Gasteiger partial charge in [0.1, 0.15) is 5.82 Å². The van der Waals surface area contributed by atoms with Gasteiger partial charge in [0.05, 0.1) is 28.5 Å². The summed E-state index contributed by atoms with van der Waals surface area (Å²) in [7, 11) is 1.84. The lowest BCUT2D eigenvalue weighted by atomic mass is 10.0. The zero-order valence-electron chi connectivity index (χ0n) is 23.1. The van der Waals surface area contributed by atoms with Crippen molar-refractivity contribution in [2.45, 2.75) is 55.2 Å². The number of fused-ring (bicyclic) bond motifs is 1. The molecule has 0 saturated heterocycles. The number of para-hydroxylation sites is 1. The van der Waals surface area contributed by atoms with Crippen molar-refractivity contribution in [3.8, 4) is 5.69 Å². The second kappa shape index (κ2) is 13.8. The van der Waals surface area contributed by atoms with Gasteiger partial charge in [-0.1, -0.05) is 48.0 Å². The van der Waals surface area contributed by atoms with Crippen molar-refractivity contribution in [3.63, 3.8) is 0 Å². The third-order valence-electron chi connectivity index (χ3n) is 7.14. The molecule has 1 aliphatic carbocycles. The molecule has 0 spiro atoms. The van der Waals surface area contributed by atoms with Crippen LogP contribution in [0, 0.1) is 5.82 Å². The fourth-order valence-corrected chi connectivity index (χ4v) is 5.96. The zero-order valence-corrected chi connectivity index (χ0v) is 24.7. The molecule has 0 bridgehead atoms. The molecule has 1 N–H and O–H groups in total. The highest BCUT2D eigenvalue weighted by Gasteiger charge is 2.38. The van der Waals surface area contributed by atoms with E-state index in [9.17, 15) is 27.2 Å². The molecule has 5 rings (SSSR count). The summed E-state index contributed by atoms with van der Waals surface area (Å²) < 4.78 is 46.9. The number of carboxylic acid groups (broad SMARTS) is 1. The second-order valence-corrected chi connectivity index (χ2v) is 11.8. The van der Waals surface area contributed by atoms with Crippen LogP contribution in [0.4, 0.5) is 23.2 Å². The topological polar surface area (TPSA) is 95.7 Å². The van der Waals surface area contributed by atoms with Crippen LogP contribution in [0.3, 0.4) is 0 Å². The molecule has 1 aromatic heterocycles. The number of alkyl halides is 3. The van der Waals surface area contributed by atoms with Gasteiger partial charge < -0.3 is 14.9 Å². The molecular weight excluding hydrogens is 612 g/mol. The van der Waals surface area contributed by atoms with E-state index in [0.29, 0.717) is 30.3 Å². The van der Waals surface area contributed by atoms with Crippen molar-refractivity contribution in [2.75, 3.05) is 25.0 Å². The molecule has 0 atom stereocenters. The Hall–Kier alpha value is -3.58. The van der Waals surface area contributed by atoms with E-state index in [2.05, 4.69) is 0 Å². The predicted octanol–water partition coefficient (Wildman–Crippen LogP) is 5.71. The lowest BCUT2D eigenvalue weighted by molar-refractivity contribution is -0.192. The maximum absolute atomic E-state index is 13.7. The number of hydrogen-bond donors (Lipinski definition) is 1. The Labute approximate surface area is 254 Å². The van der Waals surface area contributed by atoms with E-state index in [1.165, 1.54) is 12.5 Å². The number of anilines is 1. The third-order valence-corrected chi connectivity index (χ3v) is 8.72. The Morgan fingerprint density at radius 3 is 2.42 bits per heavy atom. The molecule has 8 nitrogen and oxygen atoms in total. The number of aromatic nitrogens is 2. The number of carbonyl (C=O) groups excluding carboxylic acids is 1. The first-order chi connectivity index (χ1) is 20.3. The van der Waals surface area contributed by atoms with Gasteiger partial charge in [-0.3, -0.25) is 14.2 Å². The highest BCUT2D eigenvalue weighted by Crippen LogP contribution is 2.36. The first-order valence-corrected chi connectivity index (χ1v) is 14.7. The van der Waals surface area contributed by atoms with Crippen molar-refractivity contribution in [3.05, 3.63) is 81.0 Å². The Morgan fingerprint density at radius 2 is 1.84 bits per heavy atom. The van der Waals surface area contributed by atoms with E-state index >= 15 is 0 Å². The highest BCUT2D eigenvalue weighted by molar-refractivity contribution is 7.99. The van der Waals surface area contributed by atoms with Gasteiger partial charge in [0.2, 0.25) is 5.91 Å². The quantitative estimate of drug-likeness (QED) is 0.261. The molecule has 0 radical (unpaired) electrons. The Bertz CT molecular complexity index is 1530. The van der Waals surface area contributed by atoms with Crippen LogP contribution in [0.1, 0.15) is 36.9 Å². The molecule has 2 aliphatic rings. The van der Waals surface area contributed by atoms with Gasteiger partial charge in [-0.2, -0.15) is 13.2 Å². The molecule has 0 unspecified atom stereocenters. The molecule has 43 heavy (non-hydrogen) atoms. The van der Waals surface area contributed by atoms with E-state index in [1.54, 1.807) is 33.4 Å². The van der Waals surface area contributed by atoms with Crippen molar-refractivity contribution in [1.29, 1.82) is 0 Å². The van der Waals surface area contributed by atoms with E-state index in [4.69, 9.17) is 26.5 Å². The number of benzene rings is 2. The van der Waals surface area contributed by atoms with Gasteiger partial charge in [-0.25, -0.2) is 14.2 Å². The SMILES string of the molecule is CN(CCC(=O)N1CCc2nc(SC3CCC3)n(-c3ccccc3)c(=O)c2C1)c1ccc(F)c(Cl)c1.O=C(O)C(F)(F)F. The molecular formula is C29H29ClF4N4O4S. The van der Waals surface area contributed by atoms with E-state index in [-0.39, 0.29) is 29.5 Å². The van der Waals surface area contributed by atoms with Crippen LogP contribution in [-0.4, -0.2) is 63.0 Å². The van der Waals surface area contributed by atoms with Crippen LogP contribution in [0.25, 0.3) is 5.69 Å². The predicted molar refractivity (Wildman–Crippen MR) is 155 cm³/mol. The summed E-state index contributed by atoms with van der Waals surface area (Å²) >= 11 is 7.59. The molecule has 1 saturated carbocycles. The largest absolute Gasteiger partial charge is 0.490 e. The first-order valence-electron chi connectivity index (χ1n) is 13.5. The minimum Gasteiger partial charge on any atom is -0.475 e. The fraction of sp³-hybridized carbons (Fsp3) is 0.379. The minimum absolute atomic E-state index is 0.0284. The van der Waals surface area contributed by atoms with Crippen molar-refractivity contribution in [1.82, 2.24) is 14.5 Å². The number of thioether (sulfide) groups is 1. The average Bonchev–Trinajstić information content (AvgIpc) is 2.95. The summed E-state index contributed by atoms with van der Waals surface area (Å²) in [5.41, 5.74) is 2.84. The summed E-state index contributed by atoms with van der Waals surface area (Å²) in [5, 5.41) is 8.42. The number of rotatable bonds is 7. The monoisotopic (exact) mass is 640 g/mol. The van der Waals surface area contributed by atoms with Gasteiger partial charge in [0.25, 0.3) is 5.56 Å². The number of hydrogen-bond acceptors (Lipinski definition) is 6. The molecule has 2 heterocycles. The summed E-state index contributed by atoms with van der Waals surface area (Å²) in [5.74, 6) is -3.26. The Balaban J connectivity index is 0.000000541. The number of amides is 1. The maximum atomic E-state index is 13.7. The van der Waals surface area contributed by atoms with Gasteiger partial charge in [-0.05, 0) is 43.2 Å². The third kappa shape index (κ3) is 8.08. The number of carbonyl (C=O) groups is 2. The highest BCUT2D eigenvalue weighted by atomic mass is 35.5. The molecule has 230 valence electrons. The van der Waals surface area contributed by atoms with E-state index < -0.39 is 18.0 Å². The lowest BCUT2D eigenvalue weighted by Gasteiger charge is -2.31. The number of halogens is 5. The minimum atomic E-state index is -5.08. The van der Waals surface area contributed by atoms with Gasteiger partial charge in [0, 0.05) is 43.9 Å². The Morgan fingerprint density at radius 1 is 1.16 bits per heavy atom. The summed E-state index contributed by atoms with van der Waals surface area (Å²) in [6, 6.07) is 14.1. The standard InChI is InChI=1S/C27H28ClFN4O2S.C2HF3O2/c1-31(19-10-11-23(29)22(28)16-19)14-13-25(34)32-15-12-24-21(17-32)26(35)33(18-6-3-2-4-7-18)27(30-24)36-20-8-5-9-20;3-2(4,5)1(6)7/h2-4,6-7,10-11,16,20H,5,8-9,12-15,17H2,1H3;(H,6,7). The van der Waals surface area contributed by atoms with E-state index in [0.717, 1.165) is 35.1 Å². The van der Waals surface area contributed by atoms with Gasteiger partial charge in [0.15, 0.2) is 5.16 Å². The number of aliphatic carboxylic acids is 1. The average molecular weight is 641 g/mol. The van der Waals surface area contributed by atoms with Gasteiger partial charge >= 0.3 is 12.1 Å². The zero-order chi connectivity index (χ0) is 31.3. The summed E-state index contributed by atoms with van der Waals surface area (Å²) in [6.45, 7) is 1.24. The van der Waals surface area contributed by atoms with E-state index in [1.807, 2.05) is 42.3 Å². The van der Waals surface area contributed by atoms with Crippen molar-refractivity contribution < 1.29 is 32.3 Å². The number of carboxylic acids is 1. The first kappa shape index (κ1) is 32.3. The van der Waals surface area contributed by atoms with Crippen LogP contribution in [0.5, 0.6) is 0 Å². The molecule has 14 heteroatoms. The van der Waals surface area contributed by atoms with Crippen LogP contribution in [0.15, 0.2) is 58.5 Å². The molecule has 1 fully saturated rings. The second-order valence-electron chi connectivity index (χ2n) is 10.1. The molecule has 3 aromatic rings. The summed E-state index contributed by atoms with van der Waals surface area (Å²) in [4.78, 5) is 44.2. The van der Waals surface area contributed by atoms with Crippen LogP contribution >= 0.6 is 23.4 Å².